The van der Waals surface area contributed by atoms with E-state index in [2.05, 4.69) is 51.3 Å². The van der Waals surface area contributed by atoms with Crippen LogP contribution < -0.4 is 9.47 Å². The van der Waals surface area contributed by atoms with Crippen molar-refractivity contribution < 1.29 is 9.47 Å². The molecule has 0 saturated carbocycles. The molecule has 0 radical (unpaired) electrons. The van der Waals surface area contributed by atoms with Gasteiger partial charge in [-0.1, -0.05) is 30.3 Å². The molecule has 0 N–H and O–H groups in total. The Kier molecular flexibility index (Phi) is 5.00. The van der Waals surface area contributed by atoms with Crippen LogP contribution in [0.2, 0.25) is 0 Å². The summed E-state index contributed by atoms with van der Waals surface area (Å²) in [5, 5.41) is 10.1. The Hall–Kier alpha value is -3.86. The summed E-state index contributed by atoms with van der Waals surface area (Å²) in [5.41, 5.74) is 6.10. The molecule has 154 valence electrons. The van der Waals surface area contributed by atoms with E-state index in [1.165, 1.54) is 5.56 Å². The fourth-order valence-corrected chi connectivity index (χ4v) is 3.95. The van der Waals surface area contributed by atoms with Crippen LogP contribution in [0.3, 0.4) is 0 Å². The molecule has 3 aromatic carbocycles. The highest BCUT2D eigenvalue weighted by Crippen LogP contribution is 2.38. The number of hydrogen-bond acceptors (Lipinski definition) is 4. The van der Waals surface area contributed by atoms with Crippen LogP contribution in [0.25, 0.3) is 33.4 Å². The van der Waals surface area contributed by atoms with Crippen molar-refractivity contribution in [3.63, 3.8) is 0 Å². The first-order chi connectivity index (χ1) is 15.3. The summed E-state index contributed by atoms with van der Waals surface area (Å²) in [4.78, 5) is 0. The van der Waals surface area contributed by atoms with E-state index in [4.69, 9.17) is 9.47 Å². The van der Waals surface area contributed by atoms with Crippen molar-refractivity contribution in [3.05, 3.63) is 84.6 Å². The van der Waals surface area contributed by atoms with Crippen LogP contribution in [0, 0.1) is 0 Å². The van der Waals surface area contributed by atoms with E-state index in [1.54, 1.807) is 7.11 Å². The van der Waals surface area contributed by atoms with E-state index < -0.39 is 0 Å². The molecule has 5 rings (SSSR count). The lowest BCUT2D eigenvalue weighted by atomic mass is 10.0. The van der Waals surface area contributed by atoms with Crippen molar-refractivity contribution in [3.8, 4) is 34.0 Å². The van der Waals surface area contributed by atoms with Crippen LogP contribution in [0.1, 0.15) is 12.5 Å². The zero-order valence-electron chi connectivity index (χ0n) is 17.6. The molecular weight excluding hydrogens is 386 g/mol. The number of pyridine rings is 1. The van der Waals surface area contributed by atoms with Gasteiger partial charge in [-0.2, -0.15) is 0 Å². The maximum Gasteiger partial charge on any atom is 0.119 e. The molecule has 5 heteroatoms. The molecule has 2 heterocycles. The highest BCUT2D eigenvalue weighted by Gasteiger charge is 2.20. The van der Waals surface area contributed by atoms with Crippen LogP contribution in [0.4, 0.5) is 0 Å². The number of ether oxygens (including phenoxy) is 2. The second-order valence-corrected chi connectivity index (χ2v) is 7.39. The van der Waals surface area contributed by atoms with Crippen LogP contribution >= 0.6 is 0 Å². The van der Waals surface area contributed by atoms with Crippen molar-refractivity contribution in [1.29, 1.82) is 0 Å². The first-order valence-corrected chi connectivity index (χ1v) is 10.4. The molecule has 2 aliphatic heterocycles. The Labute approximate surface area is 181 Å². The van der Waals surface area contributed by atoms with E-state index in [0.717, 1.165) is 51.5 Å². The minimum atomic E-state index is 0.645. The molecule has 0 aliphatic carbocycles. The van der Waals surface area contributed by atoms with E-state index in [-0.39, 0.29) is 0 Å². The highest BCUT2D eigenvalue weighted by molar-refractivity contribution is 5.98. The van der Waals surface area contributed by atoms with Gasteiger partial charge in [0.15, 0.2) is 0 Å². The smallest absolute Gasteiger partial charge is 0.119 e. The average Bonchev–Trinajstić information content (AvgIpc) is 3.24. The van der Waals surface area contributed by atoms with Gasteiger partial charge in [-0.25, -0.2) is 0 Å². The Balaban J connectivity index is 1.68. The van der Waals surface area contributed by atoms with Gasteiger partial charge in [0.25, 0.3) is 0 Å². The third-order valence-corrected chi connectivity index (χ3v) is 5.45. The van der Waals surface area contributed by atoms with Crippen molar-refractivity contribution in [2.24, 2.45) is 0 Å². The number of hydrogen-bond donors (Lipinski definition) is 0. The summed E-state index contributed by atoms with van der Waals surface area (Å²) in [6, 6.07) is 24.6. The maximum atomic E-state index is 5.58. The topological polar surface area (TPSA) is 49.2 Å². The number of fused-ring (bicyclic) bond motifs is 3. The minimum absolute atomic E-state index is 0.645. The third kappa shape index (κ3) is 3.59. The molecule has 3 aromatic rings. The second-order valence-electron chi connectivity index (χ2n) is 7.39. The maximum absolute atomic E-state index is 5.58. The zero-order valence-corrected chi connectivity index (χ0v) is 17.6. The van der Waals surface area contributed by atoms with Crippen LogP contribution in [-0.4, -0.2) is 28.5 Å². The standard InChI is InChI=1S/C26H23N3O2/c1-3-31-20-11-9-19(10-12-20)25-23-17-29(16-18-7-5-4-6-8-18)24-14-13-21(30-2)15-22(24)26(23)28-27-25/h4-15,17H,3,16H2,1-2H3. The molecule has 0 aromatic heterocycles. The van der Waals surface area contributed by atoms with Crippen LogP contribution in [0.5, 0.6) is 11.5 Å². The molecule has 5 nitrogen and oxygen atoms in total. The largest absolute Gasteiger partial charge is 0.497 e. The molecule has 0 bridgehead atoms. The van der Waals surface area contributed by atoms with Gasteiger partial charge in [0.2, 0.25) is 0 Å². The average molecular weight is 409 g/mol. The number of nitrogens with zero attached hydrogens (tertiary/aromatic N) is 3. The van der Waals surface area contributed by atoms with Gasteiger partial charge in [-0.3, -0.25) is 0 Å². The van der Waals surface area contributed by atoms with Gasteiger partial charge in [-0.15, -0.1) is 10.2 Å². The Morgan fingerprint density at radius 1 is 0.839 bits per heavy atom. The molecule has 0 fully saturated rings. The fourth-order valence-electron chi connectivity index (χ4n) is 3.95. The van der Waals surface area contributed by atoms with Gasteiger partial charge in [-0.05, 0) is 55.0 Å². The van der Waals surface area contributed by atoms with Gasteiger partial charge < -0.3 is 14.0 Å². The lowest BCUT2D eigenvalue weighted by Gasteiger charge is -2.16. The Bertz CT molecular complexity index is 1290. The SMILES string of the molecule is CCOc1ccc(-c2nnc3c4cc(OC)ccc4n(Cc4ccccc4)cc2-3)cc1. The summed E-state index contributed by atoms with van der Waals surface area (Å²) in [6.45, 7) is 3.38. The van der Waals surface area contributed by atoms with Crippen LogP contribution in [0.15, 0.2) is 79.0 Å². The molecule has 0 atom stereocenters. The van der Waals surface area contributed by atoms with Gasteiger partial charge in [0, 0.05) is 29.3 Å². The molecule has 2 aliphatic rings. The summed E-state index contributed by atoms with van der Waals surface area (Å²) in [7, 11) is 1.68. The number of rotatable bonds is 6. The third-order valence-electron chi connectivity index (χ3n) is 5.45. The highest BCUT2D eigenvalue weighted by atomic mass is 16.5. The van der Waals surface area contributed by atoms with Crippen molar-refractivity contribution in [1.82, 2.24) is 14.8 Å². The molecule has 31 heavy (non-hydrogen) atoms. The number of aromatic nitrogens is 3. The quantitative estimate of drug-likeness (QED) is 0.363. The zero-order chi connectivity index (χ0) is 21.2. The van der Waals surface area contributed by atoms with Crippen molar-refractivity contribution >= 4 is 10.9 Å². The first kappa shape index (κ1) is 19.1. The van der Waals surface area contributed by atoms with E-state index >= 15 is 0 Å². The molecule has 0 spiro atoms. The lowest BCUT2D eigenvalue weighted by Crippen LogP contribution is -2.04. The van der Waals surface area contributed by atoms with E-state index in [9.17, 15) is 0 Å². The molecule has 0 saturated heterocycles. The van der Waals surface area contributed by atoms with Gasteiger partial charge >= 0.3 is 0 Å². The summed E-state index contributed by atoms with van der Waals surface area (Å²) in [6.07, 6.45) is 2.16. The number of methoxy groups -OCH3 is 1. The van der Waals surface area contributed by atoms with E-state index in [1.807, 2.05) is 49.4 Å². The predicted molar refractivity (Wildman–Crippen MR) is 123 cm³/mol. The normalized spacial score (nSPS) is 11.2. The molecule has 0 amide bonds. The Morgan fingerprint density at radius 3 is 2.32 bits per heavy atom. The fraction of sp³-hybridized carbons (Fsp3) is 0.154. The molecule has 0 unspecified atom stereocenters. The predicted octanol–water partition coefficient (Wildman–Crippen LogP) is 5.66. The Morgan fingerprint density at radius 2 is 1.58 bits per heavy atom. The van der Waals surface area contributed by atoms with Gasteiger partial charge in [0.1, 0.15) is 22.9 Å². The van der Waals surface area contributed by atoms with Crippen LogP contribution in [-0.2, 0) is 6.54 Å². The summed E-state index contributed by atoms with van der Waals surface area (Å²) < 4.78 is 13.3. The first-order valence-electron chi connectivity index (χ1n) is 10.4. The van der Waals surface area contributed by atoms with Crippen molar-refractivity contribution in [2.45, 2.75) is 13.5 Å². The lowest BCUT2D eigenvalue weighted by molar-refractivity contribution is 0.340. The van der Waals surface area contributed by atoms with Crippen molar-refractivity contribution in [2.75, 3.05) is 13.7 Å². The summed E-state index contributed by atoms with van der Waals surface area (Å²) in [5.74, 6) is 1.65. The molecular formula is C26H23N3O2. The number of benzene rings is 3. The monoisotopic (exact) mass is 409 g/mol. The van der Waals surface area contributed by atoms with Gasteiger partial charge in [0.05, 0.1) is 19.2 Å². The summed E-state index contributed by atoms with van der Waals surface area (Å²) >= 11 is 0. The van der Waals surface area contributed by atoms with E-state index in [0.29, 0.717) is 6.61 Å². The second kappa shape index (κ2) is 8.11. The minimum Gasteiger partial charge on any atom is -0.497 e.